The van der Waals surface area contributed by atoms with Gasteiger partial charge in [0.2, 0.25) is 5.91 Å². The standard InChI is InChI=1S/C20H28N4OS.HI/c1-4-21-20(23-14-18-9-6-10-26-18)22-13-16-7-5-8-17(12-16)24-19(25)11-15(2)3;/h5-10,12,15H,4,11,13-14H2,1-3H3,(H,24,25)(H2,21,22,23);1H. The van der Waals surface area contributed by atoms with Crippen molar-refractivity contribution in [1.29, 1.82) is 0 Å². The minimum absolute atomic E-state index is 0. The Morgan fingerprint density at radius 3 is 2.67 bits per heavy atom. The third-order valence-corrected chi connectivity index (χ3v) is 4.45. The number of carbonyl (C=O) groups is 1. The average molecular weight is 500 g/mol. The molecule has 1 heterocycles. The molecule has 0 aliphatic rings. The van der Waals surface area contributed by atoms with Crippen molar-refractivity contribution in [3.8, 4) is 0 Å². The van der Waals surface area contributed by atoms with Gasteiger partial charge in [-0.2, -0.15) is 0 Å². The summed E-state index contributed by atoms with van der Waals surface area (Å²) in [6.07, 6.45) is 0.527. The summed E-state index contributed by atoms with van der Waals surface area (Å²) in [5, 5.41) is 11.6. The van der Waals surface area contributed by atoms with E-state index >= 15 is 0 Å². The maximum Gasteiger partial charge on any atom is 0.224 e. The lowest BCUT2D eigenvalue weighted by atomic mass is 10.1. The summed E-state index contributed by atoms with van der Waals surface area (Å²) >= 11 is 1.72. The third kappa shape index (κ3) is 9.23. The Morgan fingerprint density at radius 1 is 1.19 bits per heavy atom. The van der Waals surface area contributed by atoms with Crippen molar-refractivity contribution < 1.29 is 4.79 Å². The Labute approximate surface area is 183 Å². The van der Waals surface area contributed by atoms with Crippen LogP contribution in [0.5, 0.6) is 0 Å². The van der Waals surface area contributed by atoms with Gasteiger partial charge in [-0.05, 0) is 42.0 Å². The van der Waals surface area contributed by atoms with E-state index in [9.17, 15) is 4.79 Å². The molecule has 148 valence electrons. The molecule has 1 amide bonds. The number of thiophene rings is 1. The van der Waals surface area contributed by atoms with Crippen molar-refractivity contribution >= 4 is 52.9 Å². The molecule has 0 spiro atoms. The second-order valence-electron chi connectivity index (χ2n) is 6.47. The number of nitrogens with zero attached hydrogens (tertiary/aromatic N) is 1. The molecule has 0 fully saturated rings. The van der Waals surface area contributed by atoms with Gasteiger partial charge < -0.3 is 16.0 Å². The molecule has 3 N–H and O–H groups in total. The van der Waals surface area contributed by atoms with Gasteiger partial charge in [0.1, 0.15) is 0 Å². The number of hydrogen-bond donors (Lipinski definition) is 3. The molecule has 2 rings (SSSR count). The first-order valence-corrected chi connectivity index (χ1v) is 9.88. The van der Waals surface area contributed by atoms with Crippen LogP contribution in [0.2, 0.25) is 0 Å². The Balaban J connectivity index is 0.00000364. The Morgan fingerprint density at radius 2 is 2.00 bits per heavy atom. The minimum Gasteiger partial charge on any atom is -0.357 e. The molecule has 0 saturated heterocycles. The molecule has 7 heteroatoms. The van der Waals surface area contributed by atoms with Gasteiger partial charge in [0.15, 0.2) is 5.96 Å². The highest BCUT2D eigenvalue weighted by Crippen LogP contribution is 2.13. The van der Waals surface area contributed by atoms with E-state index in [1.807, 2.05) is 51.1 Å². The molecular weight excluding hydrogens is 471 g/mol. The van der Waals surface area contributed by atoms with Crippen LogP contribution in [-0.4, -0.2) is 18.4 Å². The lowest BCUT2D eigenvalue weighted by Crippen LogP contribution is -2.36. The van der Waals surface area contributed by atoms with Gasteiger partial charge in [-0.1, -0.05) is 32.0 Å². The van der Waals surface area contributed by atoms with Crippen LogP contribution < -0.4 is 16.0 Å². The molecule has 0 aliphatic carbocycles. The van der Waals surface area contributed by atoms with Crippen molar-refractivity contribution in [3.63, 3.8) is 0 Å². The van der Waals surface area contributed by atoms with Gasteiger partial charge in [0.25, 0.3) is 0 Å². The van der Waals surface area contributed by atoms with Gasteiger partial charge in [0.05, 0.1) is 13.1 Å². The van der Waals surface area contributed by atoms with Crippen LogP contribution >= 0.6 is 35.3 Å². The predicted molar refractivity (Wildman–Crippen MR) is 126 cm³/mol. The molecule has 0 atom stereocenters. The lowest BCUT2D eigenvalue weighted by Gasteiger charge is -2.11. The monoisotopic (exact) mass is 500 g/mol. The summed E-state index contributed by atoms with van der Waals surface area (Å²) in [4.78, 5) is 17.8. The van der Waals surface area contributed by atoms with Gasteiger partial charge in [-0.15, -0.1) is 35.3 Å². The third-order valence-electron chi connectivity index (χ3n) is 3.58. The summed E-state index contributed by atoms with van der Waals surface area (Å²) in [5.41, 5.74) is 1.88. The van der Waals surface area contributed by atoms with E-state index in [4.69, 9.17) is 0 Å². The van der Waals surface area contributed by atoms with Gasteiger partial charge >= 0.3 is 0 Å². The number of aliphatic imine (C=N–C) groups is 1. The number of guanidine groups is 1. The number of carbonyl (C=O) groups excluding carboxylic acids is 1. The van der Waals surface area contributed by atoms with Crippen molar-refractivity contribution in [1.82, 2.24) is 10.6 Å². The van der Waals surface area contributed by atoms with E-state index in [-0.39, 0.29) is 29.9 Å². The molecule has 0 aliphatic heterocycles. The zero-order chi connectivity index (χ0) is 18.8. The highest BCUT2D eigenvalue weighted by atomic mass is 127. The lowest BCUT2D eigenvalue weighted by molar-refractivity contribution is -0.116. The van der Waals surface area contributed by atoms with E-state index < -0.39 is 0 Å². The minimum atomic E-state index is 0. The highest BCUT2D eigenvalue weighted by Gasteiger charge is 2.06. The SMILES string of the molecule is CCNC(=NCc1cccc(NC(=O)CC(C)C)c1)NCc1cccs1.I. The van der Waals surface area contributed by atoms with Gasteiger partial charge in [-0.3, -0.25) is 4.79 Å². The zero-order valence-electron chi connectivity index (χ0n) is 16.1. The Kier molecular flexibility index (Phi) is 11.0. The largest absolute Gasteiger partial charge is 0.357 e. The number of anilines is 1. The number of halogens is 1. The smallest absolute Gasteiger partial charge is 0.224 e. The predicted octanol–water partition coefficient (Wildman–Crippen LogP) is 4.61. The first-order chi connectivity index (χ1) is 12.6. The summed E-state index contributed by atoms with van der Waals surface area (Å²) < 4.78 is 0. The van der Waals surface area contributed by atoms with Crippen LogP contribution in [0.15, 0.2) is 46.8 Å². The molecule has 0 bridgehead atoms. The van der Waals surface area contributed by atoms with Crippen LogP contribution in [0.1, 0.15) is 37.6 Å². The molecular formula is C20H29IN4OS. The number of amides is 1. The number of hydrogen-bond acceptors (Lipinski definition) is 3. The fraction of sp³-hybridized carbons (Fsp3) is 0.400. The Hall–Kier alpha value is -1.61. The van der Waals surface area contributed by atoms with E-state index in [2.05, 4.69) is 32.4 Å². The van der Waals surface area contributed by atoms with Crippen LogP contribution in [0.4, 0.5) is 5.69 Å². The molecule has 1 aromatic heterocycles. The average Bonchev–Trinajstić information content (AvgIpc) is 3.10. The van der Waals surface area contributed by atoms with Gasteiger partial charge in [0, 0.05) is 23.5 Å². The summed E-state index contributed by atoms with van der Waals surface area (Å²) in [7, 11) is 0. The number of benzene rings is 1. The molecule has 1 aromatic carbocycles. The molecule has 0 unspecified atom stereocenters. The van der Waals surface area contributed by atoms with Crippen molar-refractivity contribution in [3.05, 3.63) is 52.2 Å². The number of nitrogens with one attached hydrogen (secondary N) is 3. The second-order valence-corrected chi connectivity index (χ2v) is 7.51. The Bertz CT molecular complexity index is 717. The van der Waals surface area contributed by atoms with Gasteiger partial charge in [-0.25, -0.2) is 4.99 Å². The van der Waals surface area contributed by atoms with E-state index in [1.165, 1.54) is 4.88 Å². The van der Waals surface area contributed by atoms with Crippen molar-refractivity contribution in [2.45, 2.75) is 40.3 Å². The normalized spacial score (nSPS) is 11.0. The summed E-state index contributed by atoms with van der Waals surface area (Å²) in [6, 6.07) is 12.0. The molecule has 27 heavy (non-hydrogen) atoms. The first-order valence-electron chi connectivity index (χ1n) is 9.00. The fourth-order valence-electron chi connectivity index (χ4n) is 2.43. The van der Waals surface area contributed by atoms with Crippen LogP contribution in [0, 0.1) is 5.92 Å². The summed E-state index contributed by atoms with van der Waals surface area (Å²) in [5.74, 6) is 1.18. The molecule has 2 aromatic rings. The van der Waals surface area contributed by atoms with Crippen molar-refractivity contribution in [2.75, 3.05) is 11.9 Å². The quantitative estimate of drug-likeness (QED) is 0.282. The maximum absolute atomic E-state index is 11.9. The molecule has 5 nitrogen and oxygen atoms in total. The highest BCUT2D eigenvalue weighted by molar-refractivity contribution is 14.0. The number of rotatable bonds is 8. The second kappa shape index (κ2) is 12.7. The molecule has 0 saturated carbocycles. The van der Waals surface area contributed by atoms with Crippen LogP contribution in [0.3, 0.4) is 0 Å². The fourth-order valence-corrected chi connectivity index (χ4v) is 3.07. The maximum atomic E-state index is 11.9. The van der Waals surface area contributed by atoms with Crippen LogP contribution in [-0.2, 0) is 17.9 Å². The molecule has 0 radical (unpaired) electrons. The van der Waals surface area contributed by atoms with E-state index in [1.54, 1.807) is 11.3 Å². The van der Waals surface area contributed by atoms with Crippen molar-refractivity contribution in [2.24, 2.45) is 10.9 Å². The topological polar surface area (TPSA) is 65.5 Å². The van der Waals surface area contributed by atoms with E-state index in [0.717, 1.165) is 30.3 Å². The van der Waals surface area contributed by atoms with E-state index in [0.29, 0.717) is 18.9 Å². The summed E-state index contributed by atoms with van der Waals surface area (Å²) in [6.45, 7) is 8.24. The first kappa shape index (κ1) is 23.4. The zero-order valence-corrected chi connectivity index (χ0v) is 19.3. The van der Waals surface area contributed by atoms with Crippen LogP contribution in [0.25, 0.3) is 0 Å².